The Morgan fingerprint density at radius 1 is 0.939 bits per heavy atom. The zero-order chi connectivity index (χ0) is 23.4. The molecule has 0 spiro atoms. The summed E-state index contributed by atoms with van der Waals surface area (Å²) in [5.41, 5.74) is 2.88. The Hall–Kier alpha value is -2.48. The fourth-order valence-electron chi connectivity index (χ4n) is 4.71. The molecule has 2 fully saturated rings. The highest BCUT2D eigenvalue weighted by atomic mass is 35.5. The molecule has 1 heterocycles. The molecule has 4 rings (SSSR count). The van der Waals surface area contributed by atoms with E-state index in [1.54, 1.807) is 23.7 Å². The van der Waals surface area contributed by atoms with Crippen molar-refractivity contribution in [2.75, 3.05) is 31.1 Å². The van der Waals surface area contributed by atoms with E-state index in [1.165, 1.54) is 0 Å². The van der Waals surface area contributed by atoms with Gasteiger partial charge in [0.05, 0.1) is 28.0 Å². The third-order valence-electron chi connectivity index (χ3n) is 6.47. The monoisotopic (exact) mass is 491 g/mol. The van der Waals surface area contributed by atoms with Crippen molar-refractivity contribution in [2.24, 2.45) is 11.8 Å². The zero-order valence-corrected chi connectivity index (χ0v) is 19.6. The molecule has 3 atom stereocenters. The van der Waals surface area contributed by atoms with Gasteiger partial charge in [0.1, 0.15) is 5.75 Å². The Labute approximate surface area is 203 Å². The molecule has 0 bridgehead atoms. The van der Waals surface area contributed by atoms with E-state index in [1.807, 2.05) is 23.1 Å². The van der Waals surface area contributed by atoms with E-state index in [9.17, 15) is 14.8 Å². The fraction of sp³-hybridized carbons (Fsp3) is 0.417. The summed E-state index contributed by atoms with van der Waals surface area (Å²) in [6.07, 6.45) is 1.17. The minimum absolute atomic E-state index is 0.0377. The van der Waals surface area contributed by atoms with Gasteiger partial charge in [0.2, 0.25) is 11.8 Å². The van der Waals surface area contributed by atoms with Gasteiger partial charge in [0.25, 0.3) is 0 Å². The van der Waals surface area contributed by atoms with Crippen LogP contribution in [0.2, 0.25) is 10.0 Å². The number of para-hydroxylation sites is 1. The number of nitrogens with one attached hydrogen (secondary N) is 1. The molecule has 9 heteroatoms. The molecular formula is C24H27Cl2N3O4. The van der Waals surface area contributed by atoms with Gasteiger partial charge in [0.15, 0.2) is 0 Å². The first-order valence-corrected chi connectivity index (χ1v) is 11.9. The van der Waals surface area contributed by atoms with Gasteiger partial charge in [-0.15, -0.1) is 0 Å². The van der Waals surface area contributed by atoms with Crippen molar-refractivity contribution >= 4 is 40.7 Å². The van der Waals surface area contributed by atoms with Crippen LogP contribution in [0.3, 0.4) is 0 Å². The molecule has 33 heavy (non-hydrogen) atoms. The zero-order valence-electron chi connectivity index (χ0n) is 18.1. The number of carbonyl (C=O) groups excluding carboxylic acids is 2. The Kier molecular flexibility index (Phi) is 7.63. The van der Waals surface area contributed by atoms with Gasteiger partial charge < -0.3 is 14.5 Å². The second kappa shape index (κ2) is 10.6. The second-order valence-electron chi connectivity index (χ2n) is 8.47. The van der Waals surface area contributed by atoms with Crippen LogP contribution in [0, 0.1) is 11.8 Å². The molecule has 1 aliphatic carbocycles. The number of anilines is 1. The summed E-state index contributed by atoms with van der Waals surface area (Å²) in [4.78, 5) is 29.9. The molecule has 0 aromatic heterocycles. The maximum atomic E-state index is 13.3. The summed E-state index contributed by atoms with van der Waals surface area (Å²) in [6, 6.07) is 15.1. The predicted molar refractivity (Wildman–Crippen MR) is 127 cm³/mol. The van der Waals surface area contributed by atoms with Gasteiger partial charge in [-0.3, -0.25) is 14.8 Å². The van der Waals surface area contributed by atoms with Crippen molar-refractivity contribution in [1.82, 2.24) is 10.4 Å². The van der Waals surface area contributed by atoms with Crippen molar-refractivity contribution in [3.05, 3.63) is 58.6 Å². The lowest BCUT2D eigenvalue weighted by Crippen LogP contribution is -2.53. The summed E-state index contributed by atoms with van der Waals surface area (Å²) < 4.78 is 6.02. The molecule has 176 valence electrons. The number of amides is 2. The number of piperazine rings is 1. The van der Waals surface area contributed by atoms with E-state index in [0.29, 0.717) is 48.1 Å². The highest BCUT2D eigenvalue weighted by Gasteiger charge is 2.42. The number of benzene rings is 2. The highest BCUT2D eigenvalue weighted by Crippen LogP contribution is 2.35. The molecule has 7 nitrogen and oxygen atoms in total. The lowest BCUT2D eigenvalue weighted by molar-refractivity contribution is -0.148. The molecule has 2 aromatic carbocycles. The van der Waals surface area contributed by atoms with E-state index in [4.69, 9.17) is 27.9 Å². The van der Waals surface area contributed by atoms with E-state index < -0.39 is 17.7 Å². The molecule has 0 unspecified atom stereocenters. The summed E-state index contributed by atoms with van der Waals surface area (Å²) >= 11 is 12.0. The van der Waals surface area contributed by atoms with Crippen LogP contribution in [-0.2, 0) is 9.59 Å². The number of rotatable bonds is 5. The highest BCUT2D eigenvalue weighted by molar-refractivity contribution is 6.42. The number of ether oxygens (including phenoxy) is 1. The predicted octanol–water partition coefficient (Wildman–Crippen LogP) is 4.01. The van der Waals surface area contributed by atoms with E-state index in [-0.39, 0.29) is 12.0 Å². The quantitative estimate of drug-likeness (QED) is 0.487. The average molecular weight is 492 g/mol. The normalized spacial score (nSPS) is 23.2. The van der Waals surface area contributed by atoms with E-state index >= 15 is 0 Å². The van der Waals surface area contributed by atoms with Gasteiger partial charge in [0, 0.05) is 37.9 Å². The fourth-order valence-corrected chi connectivity index (χ4v) is 5.00. The van der Waals surface area contributed by atoms with E-state index in [2.05, 4.69) is 17.0 Å². The maximum Gasteiger partial charge on any atom is 0.247 e. The summed E-state index contributed by atoms with van der Waals surface area (Å²) in [5.74, 6) is -1.20. The molecule has 1 saturated heterocycles. The molecule has 2 amide bonds. The van der Waals surface area contributed by atoms with Crippen LogP contribution in [-0.4, -0.2) is 54.2 Å². The van der Waals surface area contributed by atoms with Gasteiger partial charge in [-0.1, -0.05) is 41.4 Å². The Morgan fingerprint density at radius 2 is 1.67 bits per heavy atom. The van der Waals surface area contributed by atoms with Crippen molar-refractivity contribution in [2.45, 2.75) is 25.4 Å². The Balaban J connectivity index is 1.39. The van der Waals surface area contributed by atoms with Crippen molar-refractivity contribution in [1.29, 1.82) is 0 Å². The lowest BCUT2D eigenvalue weighted by atomic mass is 9.76. The Bertz CT molecular complexity index is 983. The minimum Gasteiger partial charge on any atom is -0.490 e. The number of hydroxylamine groups is 1. The molecule has 2 aliphatic rings. The van der Waals surface area contributed by atoms with E-state index in [0.717, 1.165) is 18.8 Å². The van der Waals surface area contributed by atoms with Crippen LogP contribution < -0.4 is 15.1 Å². The average Bonchev–Trinajstić information content (AvgIpc) is 2.86. The van der Waals surface area contributed by atoms with Gasteiger partial charge in [-0.2, -0.15) is 0 Å². The molecule has 1 saturated carbocycles. The third kappa shape index (κ3) is 5.54. The molecule has 2 N–H and O–H groups in total. The number of nitrogens with zero attached hydrogens (tertiary/aromatic N) is 2. The van der Waals surface area contributed by atoms with Crippen molar-refractivity contribution in [3.8, 4) is 5.75 Å². The van der Waals surface area contributed by atoms with Gasteiger partial charge in [-0.25, -0.2) is 5.48 Å². The molecule has 2 aromatic rings. The number of hydrogen-bond donors (Lipinski definition) is 2. The van der Waals surface area contributed by atoms with Gasteiger partial charge >= 0.3 is 0 Å². The van der Waals surface area contributed by atoms with Crippen LogP contribution in [0.25, 0.3) is 0 Å². The summed E-state index contributed by atoms with van der Waals surface area (Å²) in [6.45, 7) is 2.67. The molecule has 1 aliphatic heterocycles. The summed E-state index contributed by atoms with van der Waals surface area (Å²) in [5, 5.41) is 10.1. The SMILES string of the molecule is O=C(NO)[C@H]1C[C@H](Oc2ccc(Cl)c(Cl)c2)CC[C@@H]1C(=O)N1CCN(c2ccccc2)CC1. The first kappa shape index (κ1) is 23.7. The number of hydrogen-bond acceptors (Lipinski definition) is 5. The van der Waals surface area contributed by atoms with Crippen LogP contribution in [0.4, 0.5) is 5.69 Å². The van der Waals surface area contributed by atoms with Crippen molar-refractivity contribution < 1.29 is 19.5 Å². The first-order valence-electron chi connectivity index (χ1n) is 11.1. The smallest absolute Gasteiger partial charge is 0.247 e. The van der Waals surface area contributed by atoms with Crippen molar-refractivity contribution in [3.63, 3.8) is 0 Å². The number of halogens is 2. The number of carbonyl (C=O) groups is 2. The maximum absolute atomic E-state index is 13.3. The molecule has 0 radical (unpaired) electrons. The van der Waals surface area contributed by atoms with Crippen LogP contribution in [0.5, 0.6) is 5.75 Å². The topological polar surface area (TPSA) is 82.1 Å². The second-order valence-corrected chi connectivity index (χ2v) is 9.28. The Morgan fingerprint density at radius 3 is 2.33 bits per heavy atom. The van der Waals surface area contributed by atoms with Crippen LogP contribution in [0.1, 0.15) is 19.3 Å². The molecular weight excluding hydrogens is 465 g/mol. The summed E-state index contributed by atoms with van der Waals surface area (Å²) in [7, 11) is 0. The third-order valence-corrected chi connectivity index (χ3v) is 7.21. The van der Waals surface area contributed by atoms with Crippen LogP contribution in [0.15, 0.2) is 48.5 Å². The standard InChI is InChI=1S/C24H27Cl2N3O4/c25-21-9-7-18(15-22(21)26)33-17-6-8-19(20(14-17)23(30)27-32)24(31)29-12-10-28(11-13-29)16-4-2-1-3-5-16/h1-5,7,9,15,17,19-20,32H,6,8,10-14H2,(H,27,30)/t17-,19+,20+/m1/s1. The first-order chi connectivity index (χ1) is 16.0. The van der Waals surface area contributed by atoms with Crippen LogP contribution >= 0.6 is 23.2 Å². The van der Waals surface area contributed by atoms with Gasteiger partial charge in [-0.05, 0) is 43.5 Å². The minimum atomic E-state index is -0.670. The largest absolute Gasteiger partial charge is 0.490 e. The lowest BCUT2D eigenvalue weighted by Gasteiger charge is -2.40.